The Morgan fingerprint density at radius 2 is 0.667 bits per heavy atom. The maximum Gasteiger partial charge on any atom is 0.150 e. The minimum absolute atomic E-state index is 1.06. The van der Waals surface area contributed by atoms with Gasteiger partial charge in [-0.05, 0) is 18.2 Å². The molecule has 164 valence electrons. The Hall–Kier alpha value is 0.857. The van der Waals surface area contributed by atoms with Crippen molar-refractivity contribution in [1.82, 2.24) is 0 Å². The average molecular weight is 435 g/mol. The molecular formula is C24H51ClSSi. The lowest BCUT2D eigenvalue weighted by Crippen LogP contribution is -2.14. The van der Waals surface area contributed by atoms with Crippen molar-refractivity contribution in [2.75, 3.05) is 5.75 Å². The molecule has 0 atom stereocenters. The monoisotopic (exact) mass is 434 g/mol. The predicted molar refractivity (Wildman–Crippen MR) is 134 cm³/mol. The van der Waals surface area contributed by atoms with Gasteiger partial charge < -0.3 is 0 Å². The second kappa shape index (κ2) is 21.6. The van der Waals surface area contributed by atoms with Crippen molar-refractivity contribution in [1.29, 1.82) is 0 Å². The highest BCUT2D eigenvalue weighted by Crippen LogP contribution is 2.19. The van der Waals surface area contributed by atoms with Gasteiger partial charge in [-0.15, -0.1) is 0 Å². The summed E-state index contributed by atoms with van der Waals surface area (Å²) >= 11 is 10.6. The second-order valence-corrected chi connectivity index (χ2v) is 16.7. The van der Waals surface area contributed by atoms with E-state index in [1.807, 2.05) is 0 Å². The fourth-order valence-electron chi connectivity index (χ4n) is 3.84. The van der Waals surface area contributed by atoms with E-state index in [0.29, 0.717) is 0 Å². The largest absolute Gasteiger partial charge is 0.179 e. The lowest BCUT2D eigenvalue weighted by Gasteiger charge is -2.11. The fourth-order valence-corrected chi connectivity index (χ4v) is 5.55. The first kappa shape index (κ1) is 27.9. The van der Waals surface area contributed by atoms with Gasteiger partial charge in [0.1, 0.15) is 7.38 Å². The molecule has 0 amide bonds. The SMILES string of the molecule is C[Si](C)(Cl)CCCCCCCCCCCCCCCCCCCCCCS. The summed E-state index contributed by atoms with van der Waals surface area (Å²) in [6, 6.07) is 1.30. The molecule has 0 aromatic heterocycles. The van der Waals surface area contributed by atoms with Crippen molar-refractivity contribution in [3.8, 4) is 0 Å². The molecule has 0 aliphatic heterocycles. The molecule has 0 saturated heterocycles. The van der Waals surface area contributed by atoms with E-state index in [1.54, 1.807) is 0 Å². The molecule has 0 radical (unpaired) electrons. The minimum Gasteiger partial charge on any atom is -0.179 e. The first-order valence-corrected chi connectivity index (χ1v) is 17.2. The van der Waals surface area contributed by atoms with Crippen LogP contribution in [0.1, 0.15) is 128 Å². The van der Waals surface area contributed by atoms with Crippen LogP contribution in [-0.2, 0) is 0 Å². The number of hydrogen-bond donors (Lipinski definition) is 1. The molecule has 0 saturated carbocycles. The predicted octanol–water partition coefficient (Wildman–Crippen LogP) is 10.2. The Morgan fingerprint density at radius 3 is 0.889 bits per heavy atom. The number of thiol groups is 1. The van der Waals surface area contributed by atoms with Gasteiger partial charge in [0.05, 0.1) is 0 Å². The lowest BCUT2D eigenvalue weighted by atomic mass is 10.0. The third-order valence-corrected chi connectivity index (χ3v) is 8.11. The quantitative estimate of drug-likeness (QED) is 0.0744. The van der Waals surface area contributed by atoms with E-state index in [9.17, 15) is 0 Å². The maximum atomic E-state index is 6.36. The molecule has 0 aromatic carbocycles. The van der Waals surface area contributed by atoms with Crippen LogP contribution < -0.4 is 0 Å². The van der Waals surface area contributed by atoms with Crippen molar-refractivity contribution < 1.29 is 0 Å². The summed E-state index contributed by atoms with van der Waals surface area (Å²) in [5.74, 6) is 1.06. The van der Waals surface area contributed by atoms with E-state index in [0.717, 1.165) is 5.75 Å². The van der Waals surface area contributed by atoms with Gasteiger partial charge in [-0.3, -0.25) is 0 Å². The molecule has 0 spiro atoms. The zero-order valence-corrected chi connectivity index (χ0v) is 21.5. The number of halogens is 1. The first-order valence-electron chi connectivity index (χ1n) is 12.4. The highest BCUT2D eigenvalue weighted by molar-refractivity contribution is 7.80. The fraction of sp³-hybridized carbons (Fsp3) is 1.00. The molecule has 3 heteroatoms. The molecule has 0 nitrogen and oxygen atoms in total. The highest BCUT2D eigenvalue weighted by atomic mass is 35.6. The smallest absolute Gasteiger partial charge is 0.150 e. The molecule has 0 aliphatic carbocycles. The topological polar surface area (TPSA) is 0 Å². The first-order chi connectivity index (χ1) is 13.1. The van der Waals surface area contributed by atoms with Gasteiger partial charge in [-0.1, -0.05) is 135 Å². The molecule has 0 aromatic rings. The van der Waals surface area contributed by atoms with Crippen LogP contribution in [-0.4, -0.2) is 13.1 Å². The van der Waals surface area contributed by atoms with Crippen molar-refractivity contribution in [2.45, 2.75) is 148 Å². The molecule has 0 aliphatic rings. The highest BCUT2D eigenvalue weighted by Gasteiger charge is 2.15. The molecule has 0 heterocycles. The van der Waals surface area contributed by atoms with Crippen LogP contribution in [0.5, 0.6) is 0 Å². The second-order valence-electron chi connectivity index (χ2n) is 9.26. The van der Waals surface area contributed by atoms with Crippen LogP contribution in [0.2, 0.25) is 19.1 Å². The number of rotatable bonds is 22. The minimum atomic E-state index is -1.30. The van der Waals surface area contributed by atoms with E-state index in [-0.39, 0.29) is 0 Å². The van der Waals surface area contributed by atoms with Crippen molar-refractivity contribution in [3.63, 3.8) is 0 Å². The molecule has 0 unspecified atom stereocenters. The molecular weight excluding hydrogens is 384 g/mol. The lowest BCUT2D eigenvalue weighted by molar-refractivity contribution is 0.523. The van der Waals surface area contributed by atoms with E-state index < -0.39 is 7.38 Å². The third kappa shape index (κ3) is 26.9. The van der Waals surface area contributed by atoms with Crippen LogP contribution in [0.4, 0.5) is 0 Å². The Bertz CT molecular complexity index is 278. The molecule has 27 heavy (non-hydrogen) atoms. The summed E-state index contributed by atoms with van der Waals surface area (Å²) < 4.78 is 0. The van der Waals surface area contributed by atoms with E-state index in [1.165, 1.54) is 134 Å². The summed E-state index contributed by atoms with van der Waals surface area (Å²) in [5.41, 5.74) is 0. The van der Waals surface area contributed by atoms with Gasteiger partial charge in [-0.25, -0.2) is 0 Å². The van der Waals surface area contributed by atoms with Gasteiger partial charge in [0.25, 0.3) is 0 Å². The van der Waals surface area contributed by atoms with Crippen LogP contribution in [0.3, 0.4) is 0 Å². The van der Waals surface area contributed by atoms with E-state index >= 15 is 0 Å². The molecule has 0 fully saturated rings. The molecule has 0 rings (SSSR count). The van der Waals surface area contributed by atoms with Crippen LogP contribution in [0.15, 0.2) is 0 Å². The van der Waals surface area contributed by atoms with Gasteiger partial charge in [0, 0.05) is 0 Å². The summed E-state index contributed by atoms with van der Waals surface area (Å²) in [4.78, 5) is 0. The van der Waals surface area contributed by atoms with Crippen molar-refractivity contribution >= 4 is 31.1 Å². The number of unbranched alkanes of at least 4 members (excludes halogenated alkanes) is 19. The van der Waals surface area contributed by atoms with Gasteiger partial charge in [0.2, 0.25) is 0 Å². The number of hydrogen-bond acceptors (Lipinski definition) is 1. The van der Waals surface area contributed by atoms with Crippen LogP contribution in [0, 0.1) is 0 Å². The Balaban J connectivity index is 3.01. The van der Waals surface area contributed by atoms with Gasteiger partial charge in [-0.2, -0.15) is 23.7 Å². The Morgan fingerprint density at radius 1 is 0.444 bits per heavy atom. The van der Waals surface area contributed by atoms with E-state index in [4.69, 9.17) is 11.1 Å². The van der Waals surface area contributed by atoms with Crippen LogP contribution >= 0.6 is 23.7 Å². The third-order valence-electron chi connectivity index (χ3n) is 5.68. The molecule has 0 N–H and O–H groups in total. The standard InChI is InChI=1S/C24H51ClSSi/c1-27(2,25)24-22-20-18-16-14-12-10-8-6-4-3-5-7-9-11-13-15-17-19-21-23-26/h26H,3-24H2,1-2H3. The van der Waals surface area contributed by atoms with Gasteiger partial charge in [0.15, 0.2) is 0 Å². The zero-order chi connectivity index (χ0) is 20.1. The summed E-state index contributed by atoms with van der Waals surface area (Å²) in [6.45, 7) is 4.53. The Kier molecular flexibility index (Phi) is 22.2. The van der Waals surface area contributed by atoms with Crippen molar-refractivity contribution in [3.05, 3.63) is 0 Å². The zero-order valence-electron chi connectivity index (χ0n) is 18.9. The summed E-state index contributed by atoms with van der Waals surface area (Å²) in [6.07, 6.45) is 28.8. The Labute approximate surface area is 184 Å². The van der Waals surface area contributed by atoms with Crippen LogP contribution in [0.25, 0.3) is 0 Å². The van der Waals surface area contributed by atoms with E-state index in [2.05, 4.69) is 25.7 Å². The normalized spacial score (nSPS) is 12.0. The van der Waals surface area contributed by atoms with Gasteiger partial charge >= 0.3 is 0 Å². The summed E-state index contributed by atoms with van der Waals surface area (Å²) in [5, 5.41) is 0. The average Bonchev–Trinajstić information content (AvgIpc) is 2.62. The maximum absolute atomic E-state index is 6.36. The summed E-state index contributed by atoms with van der Waals surface area (Å²) in [7, 11) is -1.30. The molecule has 0 bridgehead atoms. The van der Waals surface area contributed by atoms with Crippen molar-refractivity contribution in [2.24, 2.45) is 0 Å².